The Balaban J connectivity index is 0.000000686. The lowest BCUT2D eigenvalue weighted by Crippen LogP contribution is -1.99. The molecular formula is C14H18FNO. The van der Waals surface area contributed by atoms with Crippen LogP contribution in [-0.4, -0.2) is 18.3 Å². The lowest BCUT2D eigenvalue weighted by Gasteiger charge is -2.07. The molecule has 3 heteroatoms. The maximum atomic E-state index is 12.0. The molecule has 0 radical (unpaired) electrons. The number of hydrogen-bond acceptors (Lipinski definition) is 2. The fourth-order valence-corrected chi connectivity index (χ4v) is 1.51. The third kappa shape index (κ3) is 3.41. The molecule has 0 atom stereocenters. The number of hydrogen-bond donors (Lipinski definition) is 0. The van der Waals surface area contributed by atoms with E-state index in [4.69, 9.17) is 4.74 Å². The predicted octanol–water partition coefficient (Wildman–Crippen LogP) is 3.92. The summed E-state index contributed by atoms with van der Waals surface area (Å²) in [6.45, 7) is 5.62. The van der Waals surface area contributed by atoms with Gasteiger partial charge in [-0.15, -0.1) is 0 Å². The average molecular weight is 235 g/mol. The number of rotatable bonds is 3. The maximum absolute atomic E-state index is 12.0. The first-order valence-corrected chi connectivity index (χ1v) is 5.85. The van der Waals surface area contributed by atoms with E-state index in [0.29, 0.717) is 5.75 Å². The van der Waals surface area contributed by atoms with Crippen LogP contribution in [0.1, 0.15) is 19.4 Å². The van der Waals surface area contributed by atoms with Crippen molar-refractivity contribution in [2.24, 2.45) is 0 Å². The number of pyridine rings is 1. The normalized spacial score (nSPS) is 9.65. The van der Waals surface area contributed by atoms with Gasteiger partial charge in [-0.05, 0) is 25.1 Å². The molecule has 0 fully saturated rings. The molecule has 0 saturated heterocycles. The van der Waals surface area contributed by atoms with Crippen molar-refractivity contribution < 1.29 is 9.13 Å². The highest BCUT2D eigenvalue weighted by Crippen LogP contribution is 2.24. The van der Waals surface area contributed by atoms with Gasteiger partial charge in [-0.25, -0.2) is 4.39 Å². The lowest BCUT2D eigenvalue weighted by atomic mass is 10.1. The third-order valence-electron chi connectivity index (χ3n) is 2.19. The zero-order valence-electron chi connectivity index (χ0n) is 10.5. The van der Waals surface area contributed by atoms with E-state index >= 15 is 0 Å². The summed E-state index contributed by atoms with van der Waals surface area (Å²) in [5.41, 5.74) is 2.01. The molecule has 0 aliphatic carbocycles. The van der Waals surface area contributed by atoms with Crippen molar-refractivity contribution in [3.05, 3.63) is 36.0 Å². The Labute approximate surface area is 101 Å². The SMILES string of the molecule is CC.Cc1ccc2nccc(OCCF)c2c1. The number of aromatic nitrogens is 1. The van der Waals surface area contributed by atoms with Crippen molar-refractivity contribution >= 4 is 10.9 Å². The number of aryl methyl sites for hydroxylation is 1. The predicted molar refractivity (Wildman–Crippen MR) is 69.3 cm³/mol. The van der Waals surface area contributed by atoms with Gasteiger partial charge in [0, 0.05) is 11.6 Å². The quantitative estimate of drug-likeness (QED) is 0.804. The molecule has 2 aromatic rings. The molecule has 0 aliphatic rings. The van der Waals surface area contributed by atoms with Crippen molar-refractivity contribution in [1.82, 2.24) is 4.98 Å². The van der Waals surface area contributed by atoms with Gasteiger partial charge < -0.3 is 4.74 Å². The molecule has 0 aliphatic heterocycles. The number of nitrogens with zero attached hydrogens (tertiary/aromatic N) is 1. The molecule has 0 saturated carbocycles. The summed E-state index contributed by atoms with van der Waals surface area (Å²) < 4.78 is 17.3. The minimum absolute atomic E-state index is 0.0903. The molecule has 1 aromatic heterocycles. The molecule has 2 nitrogen and oxygen atoms in total. The van der Waals surface area contributed by atoms with Crippen molar-refractivity contribution in [1.29, 1.82) is 0 Å². The highest BCUT2D eigenvalue weighted by molar-refractivity contribution is 5.85. The van der Waals surface area contributed by atoms with Gasteiger partial charge in [-0.3, -0.25) is 4.98 Å². The maximum Gasteiger partial charge on any atom is 0.130 e. The van der Waals surface area contributed by atoms with Gasteiger partial charge in [0.2, 0.25) is 0 Å². The molecule has 0 amide bonds. The van der Waals surface area contributed by atoms with Crippen LogP contribution in [0.15, 0.2) is 30.5 Å². The third-order valence-corrected chi connectivity index (χ3v) is 2.19. The summed E-state index contributed by atoms with van der Waals surface area (Å²) in [6.07, 6.45) is 1.67. The summed E-state index contributed by atoms with van der Waals surface area (Å²) in [4.78, 5) is 4.22. The zero-order valence-corrected chi connectivity index (χ0v) is 10.5. The summed E-state index contributed by atoms with van der Waals surface area (Å²) in [6, 6.07) is 7.69. The number of halogens is 1. The van der Waals surface area contributed by atoms with Gasteiger partial charge in [0.15, 0.2) is 0 Å². The van der Waals surface area contributed by atoms with Crippen LogP contribution in [0.25, 0.3) is 10.9 Å². The molecule has 0 N–H and O–H groups in total. The first-order chi connectivity index (χ1) is 8.31. The molecule has 0 spiro atoms. The Kier molecular flexibility index (Phi) is 5.40. The van der Waals surface area contributed by atoms with Crippen LogP contribution in [0.3, 0.4) is 0 Å². The Morgan fingerprint density at radius 2 is 2.00 bits per heavy atom. The first-order valence-electron chi connectivity index (χ1n) is 5.85. The van der Waals surface area contributed by atoms with Crippen molar-refractivity contribution in [3.63, 3.8) is 0 Å². The first kappa shape index (κ1) is 13.4. The monoisotopic (exact) mass is 235 g/mol. The lowest BCUT2D eigenvalue weighted by molar-refractivity contribution is 0.276. The van der Waals surface area contributed by atoms with E-state index in [0.717, 1.165) is 16.5 Å². The highest BCUT2D eigenvalue weighted by Gasteiger charge is 2.02. The van der Waals surface area contributed by atoms with Crippen molar-refractivity contribution in [2.45, 2.75) is 20.8 Å². The minimum Gasteiger partial charge on any atom is -0.490 e. The van der Waals surface area contributed by atoms with E-state index in [1.165, 1.54) is 0 Å². The highest BCUT2D eigenvalue weighted by atomic mass is 19.1. The fourth-order valence-electron chi connectivity index (χ4n) is 1.51. The molecule has 17 heavy (non-hydrogen) atoms. The second kappa shape index (κ2) is 6.84. The summed E-state index contributed by atoms with van der Waals surface area (Å²) in [5, 5.41) is 0.936. The molecular weight excluding hydrogens is 217 g/mol. The molecule has 1 heterocycles. The largest absolute Gasteiger partial charge is 0.490 e. The Bertz CT molecular complexity index is 471. The van der Waals surface area contributed by atoms with Crippen molar-refractivity contribution in [2.75, 3.05) is 13.3 Å². The van der Waals surface area contributed by atoms with E-state index in [9.17, 15) is 4.39 Å². The van der Waals surface area contributed by atoms with Gasteiger partial charge in [0.1, 0.15) is 19.0 Å². The number of ether oxygens (including phenoxy) is 1. The Morgan fingerprint density at radius 1 is 1.24 bits per heavy atom. The summed E-state index contributed by atoms with van der Waals surface area (Å²) in [7, 11) is 0. The standard InChI is InChI=1S/C12H12FNO.C2H6/c1-9-2-3-11-10(8-9)12(4-6-14-11)15-7-5-13;1-2/h2-4,6,8H,5,7H2,1H3;1-2H3. The molecule has 92 valence electrons. The van der Waals surface area contributed by atoms with Crippen LogP contribution in [0, 0.1) is 6.92 Å². The van der Waals surface area contributed by atoms with E-state index < -0.39 is 6.67 Å². The molecule has 0 bridgehead atoms. The van der Waals surface area contributed by atoms with E-state index in [2.05, 4.69) is 4.98 Å². The van der Waals surface area contributed by atoms with Gasteiger partial charge in [-0.2, -0.15) is 0 Å². The number of alkyl halides is 1. The second-order valence-electron chi connectivity index (χ2n) is 3.37. The van der Waals surface area contributed by atoms with Crippen molar-refractivity contribution in [3.8, 4) is 5.75 Å². The minimum atomic E-state index is -0.477. The van der Waals surface area contributed by atoms with E-state index in [-0.39, 0.29) is 6.61 Å². The van der Waals surface area contributed by atoms with E-state index in [1.54, 1.807) is 12.3 Å². The van der Waals surface area contributed by atoms with Crippen LogP contribution < -0.4 is 4.74 Å². The Hall–Kier alpha value is -1.64. The number of fused-ring (bicyclic) bond motifs is 1. The van der Waals surface area contributed by atoms with Gasteiger partial charge in [-0.1, -0.05) is 25.5 Å². The van der Waals surface area contributed by atoms with Crippen LogP contribution in [0.4, 0.5) is 4.39 Å². The molecule has 2 rings (SSSR count). The van der Waals surface area contributed by atoms with Gasteiger partial charge in [0.25, 0.3) is 0 Å². The fraction of sp³-hybridized carbons (Fsp3) is 0.357. The van der Waals surface area contributed by atoms with E-state index in [1.807, 2.05) is 39.0 Å². The van der Waals surface area contributed by atoms with Crippen LogP contribution in [0.5, 0.6) is 5.75 Å². The smallest absolute Gasteiger partial charge is 0.130 e. The average Bonchev–Trinajstić information content (AvgIpc) is 2.38. The zero-order chi connectivity index (χ0) is 12.7. The summed E-state index contributed by atoms with van der Waals surface area (Å²) in [5.74, 6) is 0.696. The van der Waals surface area contributed by atoms with Gasteiger partial charge in [0.05, 0.1) is 5.52 Å². The molecule has 0 unspecified atom stereocenters. The van der Waals surface area contributed by atoms with Crippen LogP contribution in [-0.2, 0) is 0 Å². The van der Waals surface area contributed by atoms with Crippen LogP contribution in [0.2, 0.25) is 0 Å². The van der Waals surface area contributed by atoms with Gasteiger partial charge >= 0.3 is 0 Å². The second-order valence-corrected chi connectivity index (χ2v) is 3.37. The number of benzene rings is 1. The molecule has 1 aromatic carbocycles. The topological polar surface area (TPSA) is 22.1 Å². The van der Waals surface area contributed by atoms with Crippen LogP contribution >= 0.6 is 0 Å². The summed E-state index contributed by atoms with van der Waals surface area (Å²) >= 11 is 0. The Morgan fingerprint density at radius 3 is 2.71 bits per heavy atom.